The van der Waals surface area contributed by atoms with Crippen LogP contribution in [-0.2, 0) is 9.53 Å². The number of thiophene rings is 1. The molecule has 0 aromatic carbocycles. The average Bonchev–Trinajstić information content (AvgIpc) is 2.93. The van der Waals surface area contributed by atoms with E-state index in [2.05, 4.69) is 10.1 Å². The largest absolute Gasteiger partial charge is 0.481 e. The molecule has 0 spiro atoms. The van der Waals surface area contributed by atoms with Crippen LogP contribution in [0.25, 0.3) is 0 Å². The molecule has 1 fully saturated rings. The Balaban J connectivity index is 2.02. The molecule has 0 atom stereocenters. The van der Waals surface area contributed by atoms with Crippen LogP contribution in [0.1, 0.15) is 22.5 Å². The number of aliphatic carboxylic acids is 1. The minimum absolute atomic E-state index is 0.00658. The summed E-state index contributed by atoms with van der Waals surface area (Å²) in [4.78, 5) is 23.5. The average molecular weight is 335 g/mol. The molecule has 2 heterocycles. The van der Waals surface area contributed by atoms with E-state index in [0.29, 0.717) is 13.2 Å². The fourth-order valence-electron chi connectivity index (χ4n) is 2.21. The maximum atomic E-state index is 12.2. The molecule has 9 heteroatoms. The Morgan fingerprint density at radius 1 is 1.45 bits per heavy atom. The summed E-state index contributed by atoms with van der Waals surface area (Å²) in [6, 6.07) is 1.27. The van der Waals surface area contributed by atoms with Crippen LogP contribution >= 0.6 is 11.3 Å². The van der Waals surface area contributed by atoms with E-state index in [4.69, 9.17) is 4.74 Å². The molecule has 6 nitrogen and oxygen atoms in total. The number of ether oxygens (including phenoxy) is 2. The smallest absolute Gasteiger partial charge is 0.387 e. The summed E-state index contributed by atoms with van der Waals surface area (Å²) in [5, 5.41) is 13.3. The number of alkyl halides is 2. The Morgan fingerprint density at radius 2 is 2.14 bits per heavy atom. The zero-order valence-corrected chi connectivity index (χ0v) is 12.3. The van der Waals surface area contributed by atoms with E-state index >= 15 is 0 Å². The van der Waals surface area contributed by atoms with E-state index in [1.165, 1.54) is 11.4 Å². The summed E-state index contributed by atoms with van der Waals surface area (Å²) in [6.45, 7) is -2.50. The van der Waals surface area contributed by atoms with Crippen molar-refractivity contribution in [2.24, 2.45) is 5.41 Å². The summed E-state index contributed by atoms with van der Waals surface area (Å²) >= 11 is 0.951. The quantitative estimate of drug-likeness (QED) is 0.830. The van der Waals surface area contributed by atoms with Gasteiger partial charge in [-0.2, -0.15) is 8.78 Å². The number of amides is 1. The van der Waals surface area contributed by atoms with Crippen molar-refractivity contribution in [1.82, 2.24) is 5.32 Å². The highest BCUT2D eigenvalue weighted by molar-refractivity contribution is 7.12. The lowest BCUT2D eigenvalue weighted by molar-refractivity contribution is -0.154. The molecular formula is C13H15F2NO5S. The number of rotatable bonds is 6. The maximum absolute atomic E-state index is 12.2. The summed E-state index contributed by atoms with van der Waals surface area (Å²) in [5.41, 5.74) is -1.09. The standard InChI is InChI=1S/C13H15F2NO5S/c14-12(15)21-8-1-6-22-9(8)10(17)16-7-13(11(18)19)2-4-20-5-3-13/h1,6,12H,2-5,7H2,(H,16,17)(H,18,19). The van der Waals surface area contributed by atoms with Gasteiger partial charge in [0.05, 0.1) is 5.41 Å². The normalized spacial score (nSPS) is 17.2. The van der Waals surface area contributed by atoms with Crippen molar-refractivity contribution in [3.63, 3.8) is 0 Å². The van der Waals surface area contributed by atoms with Crippen molar-refractivity contribution < 1.29 is 33.0 Å². The van der Waals surface area contributed by atoms with Crippen LogP contribution < -0.4 is 10.1 Å². The molecule has 2 N–H and O–H groups in total. The van der Waals surface area contributed by atoms with Crippen LogP contribution in [-0.4, -0.2) is 43.4 Å². The summed E-state index contributed by atoms with van der Waals surface area (Å²) < 4.78 is 33.9. The molecular weight excluding hydrogens is 320 g/mol. The second-order valence-corrected chi connectivity index (χ2v) is 5.79. The van der Waals surface area contributed by atoms with Gasteiger partial charge < -0.3 is 19.9 Å². The maximum Gasteiger partial charge on any atom is 0.387 e. The molecule has 1 saturated heterocycles. The van der Waals surface area contributed by atoms with Gasteiger partial charge in [0.15, 0.2) is 0 Å². The van der Waals surface area contributed by atoms with Crippen LogP contribution in [0.5, 0.6) is 5.75 Å². The first kappa shape index (κ1) is 16.6. The number of hydrogen-bond acceptors (Lipinski definition) is 5. The highest BCUT2D eigenvalue weighted by atomic mass is 32.1. The fraction of sp³-hybridized carbons (Fsp3) is 0.538. The van der Waals surface area contributed by atoms with Gasteiger partial charge in [0.1, 0.15) is 10.6 Å². The molecule has 1 aromatic heterocycles. The van der Waals surface area contributed by atoms with Crippen molar-refractivity contribution >= 4 is 23.2 Å². The van der Waals surface area contributed by atoms with E-state index in [1.54, 1.807) is 0 Å². The second-order valence-electron chi connectivity index (χ2n) is 4.87. The monoisotopic (exact) mass is 335 g/mol. The first-order valence-corrected chi connectivity index (χ1v) is 7.44. The van der Waals surface area contributed by atoms with E-state index < -0.39 is 23.9 Å². The molecule has 0 unspecified atom stereocenters. The molecule has 0 saturated carbocycles. The third-order valence-corrected chi connectivity index (χ3v) is 4.44. The lowest BCUT2D eigenvalue weighted by Gasteiger charge is -2.33. The summed E-state index contributed by atoms with van der Waals surface area (Å²) in [5.74, 6) is -1.85. The van der Waals surface area contributed by atoms with Gasteiger partial charge in [0.2, 0.25) is 0 Å². The molecule has 1 aliphatic heterocycles. The highest BCUT2D eigenvalue weighted by Crippen LogP contribution is 2.31. The molecule has 22 heavy (non-hydrogen) atoms. The highest BCUT2D eigenvalue weighted by Gasteiger charge is 2.40. The number of halogens is 2. The van der Waals surface area contributed by atoms with E-state index in [0.717, 1.165) is 11.3 Å². The molecule has 1 amide bonds. The number of nitrogens with one attached hydrogen (secondary N) is 1. The first-order valence-electron chi connectivity index (χ1n) is 6.56. The predicted molar refractivity (Wildman–Crippen MR) is 73.4 cm³/mol. The number of hydrogen-bond donors (Lipinski definition) is 2. The van der Waals surface area contributed by atoms with Crippen molar-refractivity contribution in [2.45, 2.75) is 19.5 Å². The third-order valence-electron chi connectivity index (χ3n) is 3.54. The Labute approximate surface area is 129 Å². The van der Waals surface area contributed by atoms with E-state index in [1.807, 2.05) is 0 Å². The molecule has 0 aliphatic carbocycles. The third kappa shape index (κ3) is 3.72. The van der Waals surface area contributed by atoms with Gasteiger partial charge in [-0.25, -0.2) is 0 Å². The van der Waals surface area contributed by atoms with Gasteiger partial charge in [-0.15, -0.1) is 11.3 Å². The molecule has 0 bridgehead atoms. The van der Waals surface area contributed by atoms with Crippen molar-refractivity contribution in [2.75, 3.05) is 19.8 Å². The zero-order chi connectivity index (χ0) is 16.2. The molecule has 1 aromatic rings. The Bertz CT molecular complexity index is 542. The van der Waals surface area contributed by atoms with Gasteiger partial charge in [-0.05, 0) is 24.3 Å². The van der Waals surface area contributed by atoms with Gasteiger partial charge >= 0.3 is 12.6 Å². The van der Waals surface area contributed by atoms with Crippen LogP contribution in [0.15, 0.2) is 11.4 Å². The minimum atomic E-state index is -3.03. The molecule has 0 radical (unpaired) electrons. The molecule has 2 rings (SSSR count). The summed E-state index contributed by atoms with van der Waals surface area (Å²) in [7, 11) is 0. The van der Waals surface area contributed by atoms with Crippen LogP contribution in [0.4, 0.5) is 8.78 Å². The van der Waals surface area contributed by atoms with Gasteiger partial charge in [0.25, 0.3) is 5.91 Å². The topological polar surface area (TPSA) is 84.9 Å². The Morgan fingerprint density at radius 3 is 2.73 bits per heavy atom. The van der Waals surface area contributed by atoms with Gasteiger partial charge in [0, 0.05) is 19.8 Å². The number of carboxylic acids is 1. The zero-order valence-electron chi connectivity index (χ0n) is 11.5. The van der Waals surface area contributed by atoms with Crippen molar-refractivity contribution in [1.29, 1.82) is 0 Å². The van der Waals surface area contributed by atoms with E-state index in [9.17, 15) is 23.5 Å². The molecule has 1 aliphatic rings. The summed E-state index contributed by atoms with van der Waals surface area (Å²) in [6.07, 6.45) is 0.570. The fourth-order valence-corrected chi connectivity index (χ4v) is 2.95. The van der Waals surface area contributed by atoms with Crippen molar-refractivity contribution in [3.05, 3.63) is 16.3 Å². The SMILES string of the molecule is O=C(NCC1(C(=O)O)CCOCC1)c1sccc1OC(F)F. The minimum Gasteiger partial charge on any atom is -0.481 e. The van der Waals surface area contributed by atoms with Crippen LogP contribution in [0, 0.1) is 5.41 Å². The lowest BCUT2D eigenvalue weighted by Crippen LogP contribution is -2.46. The van der Waals surface area contributed by atoms with Gasteiger partial charge in [-0.1, -0.05) is 0 Å². The lowest BCUT2D eigenvalue weighted by atomic mass is 9.80. The van der Waals surface area contributed by atoms with Crippen molar-refractivity contribution in [3.8, 4) is 5.75 Å². The van der Waals surface area contributed by atoms with Crippen LogP contribution in [0.2, 0.25) is 0 Å². The van der Waals surface area contributed by atoms with Gasteiger partial charge in [-0.3, -0.25) is 9.59 Å². The number of carbonyl (C=O) groups excluding carboxylic acids is 1. The number of carboxylic acid groups (broad SMARTS) is 1. The first-order chi connectivity index (χ1) is 10.4. The Hall–Kier alpha value is -1.74. The van der Waals surface area contributed by atoms with Crippen LogP contribution in [0.3, 0.4) is 0 Å². The Kier molecular flexibility index (Phi) is 5.30. The number of carbonyl (C=O) groups is 2. The predicted octanol–water partition coefficient (Wildman–Crippen LogP) is 1.96. The van der Waals surface area contributed by atoms with E-state index in [-0.39, 0.29) is 30.0 Å². The molecule has 122 valence electrons. The second kappa shape index (κ2) is 7.01.